The second-order valence-electron chi connectivity index (χ2n) is 4.63. The first-order chi connectivity index (χ1) is 10.2. The van der Waals surface area contributed by atoms with Crippen LogP contribution in [0.15, 0.2) is 59.1 Å². The third kappa shape index (κ3) is 2.88. The summed E-state index contributed by atoms with van der Waals surface area (Å²) in [7, 11) is 0. The minimum Gasteiger partial charge on any atom is -0.354 e. The number of nitrogens with zero attached hydrogens (tertiary/aromatic N) is 1. The first-order valence-corrected chi connectivity index (χ1v) is 7.11. The summed E-state index contributed by atoms with van der Waals surface area (Å²) in [6.07, 6.45) is 0. The van der Waals surface area contributed by atoms with E-state index in [9.17, 15) is 4.39 Å². The maximum absolute atomic E-state index is 13.1. The predicted molar refractivity (Wildman–Crippen MR) is 86.0 cm³/mol. The zero-order valence-corrected chi connectivity index (χ0v) is 12.5. The fraction of sp³-hybridized carbons (Fsp3) is 0. The molecule has 0 unspecified atom stereocenters. The van der Waals surface area contributed by atoms with E-state index < -0.39 is 5.82 Å². The van der Waals surface area contributed by atoms with Crippen LogP contribution < -0.4 is 5.32 Å². The summed E-state index contributed by atoms with van der Waals surface area (Å²) in [5.41, 5.74) is 1.73. The molecule has 3 rings (SSSR count). The Kier molecular flexibility index (Phi) is 3.59. The van der Waals surface area contributed by atoms with Gasteiger partial charge in [0.05, 0.1) is 11.3 Å². The smallest absolute Gasteiger partial charge is 0.124 e. The van der Waals surface area contributed by atoms with Crippen LogP contribution >= 0.6 is 15.9 Å². The van der Waals surface area contributed by atoms with E-state index >= 15 is 0 Å². The number of nitrogens with one attached hydrogen (secondary N) is 1. The van der Waals surface area contributed by atoms with Crippen molar-refractivity contribution in [3.63, 3.8) is 0 Å². The van der Waals surface area contributed by atoms with Gasteiger partial charge in [0.25, 0.3) is 0 Å². The van der Waals surface area contributed by atoms with Gasteiger partial charge >= 0.3 is 0 Å². The van der Waals surface area contributed by atoms with Gasteiger partial charge in [0.15, 0.2) is 0 Å². The Bertz CT molecular complexity index is 868. The summed E-state index contributed by atoms with van der Waals surface area (Å²) >= 11 is 3.44. The highest BCUT2D eigenvalue weighted by Crippen LogP contribution is 2.26. The Morgan fingerprint density at radius 1 is 0.952 bits per heavy atom. The van der Waals surface area contributed by atoms with Crippen molar-refractivity contribution in [3.8, 4) is 6.07 Å². The normalized spacial score (nSPS) is 10.3. The number of hydrogen-bond acceptors (Lipinski definition) is 2. The van der Waals surface area contributed by atoms with Gasteiger partial charge in [-0.05, 0) is 53.2 Å². The van der Waals surface area contributed by atoms with Crippen LogP contribution in [0.25, 0.3) is 10.8 Å². The first kappa shape index (κ1) is 13.6. The molecule has 0 atom stereocenters. The lowest BCUT2D eigenvalue weighted by Gasteiger charge is -2.09. The lowest BCUT2D eigenvalue weighted by atomic mass is 10.1. The first-order valence-electron chi connectivity index (χ1n) is 6.32. The molecule has 0 saturated carbocycles. The highest BCUT2D eigenvalue weighted by atomic mass is 79.9. The summed E-state index contributed by atoms with van der Waals surface area (Å²) in [5, 5.41) is 14.4. The van der Waals surface area contributed by atoms with Gasteiger partial charge in [0.2, 0.25) is 0 Å². The van der Waals surface area contributed by atoms with Crippen molar-refractivity contribution in [3.05, 3.63) is 70.5 Å². The maximum atomic E-state index is 13.1. The van der Waals surface area contributed by atoms with E-state index in [-0.39, 0.29) is 5.56 Å². The second kappa shape index (κ2) is 5.55. The predicted octanol–water partition coefficient (Wildman–Crippen LogP) is 5.36. The molecule has 0 bridgehead atoms. The molecule has 2 nitrogen and oxygen atoms in total. The van der Waals surface area contributed by atoms with Crippen LogP contribution in [-0.2, 0) is 0 Å². The van der Waals surface area contributed by atoms with E-state index in [1.165, 1.54) is 12.1 Å². The summed E-state index contributed by atoms with van der Waals surface area (Å²) in [6, 6.07) is 18.1. The Balaban J connectivity index is 1.99. The molecule has 0 aliphatic heterocycles. The van der Waals surface area contributed by atoms with Gasteiger partial charge in [0, 0.05) is 10.2 Å². The van der Waals surface area contributed by atoms with E-state index in [1.807, 2.05) is 42.5 Å². The number of nitriles is 1. The molecule has 3 aromatic rings. The van der Waals surface area contributed by atoms with Crippen molar-refractivity contribution in [1.29, 1.82) is 5.26 Å². The van der Waals surface area contributed by atoms with E-state index in [0.717, 1.165) is 20.9 Å². The highest BCUT2D eigenvalue weighted by Gasteiger charge is 2.05. The minimum absolute atomic E-state index is 0.283. The standard InChI is InChI=1S/C17H10BrFN2/c18-14-3-1-12-9-16(5-2-11(12)7-14)21-17-6-4-15(19)8-13(17)10-20/h1-9,21H. The maximum Gasteiger partial charge on any atom is 0.124 e. The van der Waals surface area contributed by atoms with Gasteiger partial charge in [-0.3, -0.25) is 0 Å². The average Bonchev–Trinajstić information content (AvgIpc) is 2.49. The lowest BCUT2D eigenvalue weighted by Crippen LogP contribution is -1.94. The molecule has 0 aliphatic carbocycles. The third-order valence-corrected chi connectivity index (χ3v) is 3.68. The highest BCUT2D eigenvalue weighted by molar-refractivity contribution is 9.10. The average molecular weight is 341 g/mol. The van der Waals surface area contributed by atoms with Crippen LogP contribution in [0.4, 0.5) is 15.8 Å². The monoisotopic (exact) mass is 340 g/mol. The van der Waals surface area contributed by atoms with Gasteiger partial charge in [-0.25, -0.2) is 4.39 Å². The Labute approximate surface area is 130 Å². The van der Waals surface area contributed by atoms with Crippen molar-refractivity contribution in [2.45, 2.75) is 0 Å². The Morgan fingerprint density at radius 3 is 2.52 bits per heavy atom. The van der Waals surface area contributed by atoms with Gasteiger partial charge < -0.3 is 5.32 Å². The molecular weight excluding hydrogens is 331 g/mol. The molecule has 21 heavy (non-hydrogen) atoms. The zero-order valence-electron chi connectivity index (χ0n) is 10.9. The van der Waals surface area contributed by atoms with E-state index in [1.54, 1.807) is 6.07 Å². The molecule has 3 aromatic carbocycles. The Hall–Kier alpha value is -2.38. The SMILES string of the molecule is N#Cc1cc(F)ccc1Nc1ccc2cc(Br)ccc2c1. The van der Waals surface area contributed by atoms with Crippen molar-refractivity contribution < 1.29 is 4.39 Å². The fourth-order valence-electron chi connectivity index (χ4n) is 2.17. The van der Waals surface area contributed by atoms with Crippen molar-refractivity contribution in [2.75, 3.05) is 5.32 Å². The van der Waals surface area contributed by atoms with Crippen LogP contribution in [-0.4, -0.2) is 0 Å². The molecule has 0 radical (unpaired) electrons. The largest absolute Gasteiger partial charge is 0.354 e. The van der Waals surface area contributed by atoms with E-state index in [0.29, 0.717) is 5.69 Å². The quantitative estimate of drug-likeness (QED) is 0.681. The van der Waals surface area contributed by atoms with E-state index in [4.69, 9.17) is 5.26 Å². The van der Waals surface area contributed by atoms with Crippen LogP contribution in [0.3, 0.4) is 0 Å². The van der Waals surface area contributed by atoms with Crippen LogP contribution in [0.1, 0.15) is 5.56 Å². The third-order valence-electron chi connectivity index (χ3n) is 3.18. The summed E-state index contributed by atoms with van der Waals surface area (Å²) < 4.78 is 14.2. The van der Waals surface area contributed by atoms with Crippen molar-refractivity contribution in [1.82, 2.24) is 0 Å². The molecule has 0 spiro atoms. The second-order valence-corrected chi connectivity index (χ2v) is 5.55. The number of halogens is 2. The lowest BCUT2D eigenvalue weighted by molar-refractivity contribution is 0.627. The molecule has 0 saturated heterocycles. The number of fused-ring (bicyclic) bond motifs is 1. The Morgan fingerprint density at radius 2 is 1.71 bits per heavy atom. The van der Waals surface area contributed by atoms with Gasteiger partial charge in [-0.1, -0.05) is 28.1 Å². The molecule has 0 fully saturated rings. The van der Waals surface area contributed by atoms with Crippen LogP contribution in [0.2, 0.25) is 0 Å². The summed E-state index contributed by atoms with van der Waals surface area (Å²) in [4.78, 5) is 0. The zero-order chi connectivity index (χ0) is 14.8. The molecule has 0 heterocycles. The van der Waals surface area contributed by atoms with Crippen molar-refractivity contribution >= 4 is 38.1 Å². The molecule has 4 heteroatoms. The molecule has 102 valence electrons. The number of benzene rings is 3. The number of hydrogen-bond donors (Lipinski definition) is 1. The van der Waals surface area contributed by atoms with Gasteiger partial charge in [0.1, 0.15) is 11.9 Å². The van der Waals surface area contributed by atoms with Gasteiger partial charge in [-0.2, -0.15) is 5.26 Å². The molecule has 0 aromatic heterocycles. The summed E-state index contributed by atoms with van der Waals surface area (Å²) in [6.45, 7) is 0. The van der Waals surface area contributed by atoms with Crippen molar-refractivity contribution in [2.24, 2.45) is 0 Å². The van der Waals surface area contributed by atoms with Crippen LogP contribution in [0.5, 0.6) is 0 Å². The molecular formula is C17H10BrFN2. The summed E-state index contributed by atoms with van der Waals surface area (Å²) in [5.74, 6) is -0.416. The topological polar surface area (TPSA) is 35.8 Å². The molecule has 1 N–H and O–H groups in total. The minimum atomic E-state index is -0.416. The fourth-order valence-corrected chi connectivity index (χ4v) is 2.55. The number of anilines is 2. The molecule has 0 aliphatic rings. The van der Waals surface area contributed by atoms with Crippen LogP contribution in [0, 0.1) is 17.1 Å². The molecule has 0 amide bonds. The van der Waals surface area contributed by atoms with Gasteiger partial charge in [-0.15, -0.1) is 0 Å². The van der Waals surface area contributed by atoms with E-state index in [2.05, 4.69) is 21.2 Å². The number of rotatable bonds is 2.